The molecule has 1 aliphatic heterocycles. The molecule has 3 rings (SSSR count). The van der Waals surface area contributed by atoms with Gasteiger partial charge in [0.25, 0.3) is 5.69 Å². The fourth-order valence-corrected chi connectivity index (χ4v) is 4.68. The summed E-state index contributed by atoms with van der Waals surface area (Å²) in [7, 11) is -1.97. The van der Waals surface area contributed by atoms with Crippen molar-refractivity contribution in [3.63, 3.8) is 0 Å². The third kappa shape index (κ3) is 4.58. The number of carbonyl (C=O) groups is 1. The molecular formula is C19H23N5O5S. The minimum atomic E-state index is -3.87. The van der Waals surface area contributed by atoms with Crippen molar-refractivity contribution in [3.05, 3.63) is 64.2 Å². The third-order valence-corrected chi connectivity index (χ3v) is 6.88. The van der Waals surface area contributed by atoms with E-state index in [9.17, 15) is 23.3 Å². The molecule has 1 saturated heterocycles. The zero-order chi connectivity index (χ0) is 21.9. The molecule has 1 fully saturated rings. The molecule has 1 unspecified atom stereocenters. The number of nitrogens with zero attached hydrogens (tertiary/aromatic N) is 3. The lowest BCUT2D eigenvalue weighted by atomic mass is 10.1. The molecule has 2 aromatic rings. The van der Waals surface area contributed by atoms with Crippen LogP contribution in [0.15, 0.2) is 53.4 Å². The quantitative estimate of drug-likeness (QED) is 0.493. The lowest BCUT2D eigenvalue weighted by Crippen LogP contribution is -2.47. The molecule has 1 heterocycles. The summed E-state index contributed by atoms with van der Waals surface area (Å²) >= 11 is 0. The smallest absolute Gasteiger partial charge is 0.293 e. The van der Waals surface area contributed by atoms with Crippen molar-refractivity contribution in [3.8, 4) is 0 Å². The summed E-state index contributed by atoms with van der Waals surface area (Å²) in [6.45, 7) is 1.78. The van der Waals surface area contributed by atoms with Gasteiger partial charge in [-0.1, -0.05) is 30.3 Å². The summed E-state index contributed by atoms with van der Waals surface area (Å²) in [5.74, 6) is -0.718. The number of hydrogen-bond acceptors (Lipinski definition) is 7. The summed E-state index contributed by atoms with van der Waals surface area (Å²) in [6.07, 6.45) is 0. The van der Waals surface area contributed by atoms with Gasteiger partial charge in [0, 0.05) is 32.2 Å². The highest BCUT2D eigenvalue weighted by molar-refractivity contribution is 7.89. The average Bonchev–Trinajstić information content (AvgIpc) is 2.72. The summed E-state index contributed by atoms with van der Waals surface area (Å²) in [5, 5.41) is 14.4. The molecule has 0 radical (unpaired) electrons. The van der Waals surface area contributed by atoms with Crippen LogP contribution < -0.4 is 11.1 Å². The summed E-state index contributed by atoms with van der Waals surface area (Å²) < 4.78 is 27.2. The second-order valence-electron chi connectivity index (χ2n) is 7.03. The van der Waals surface area contributed by atoms with E-state index in [-0.39, 0.29) is 10.6 Å². The van der Waals surface area contributed by atoms with Gasteiger partial charge in [0.05, 0.1) is 9.82 Å². The zero-order valence-electron chi connectivity index (χ0n) is 16.4. The van der Waals surface area contributed by atoms with E-state index in [1.807, 2.05) is 11.9 Å². The number of piperazine rings is 1. The van der Waals surface area contributed by atoms with Gasteiger partial charge in [0.2, 0.25) is 15.9 Å². The van der Waals surface area contributed by atoms with Crippen molar-refractivity contribution in [1.82, 2.24) is 9.21 Å². The number of nitro groups is 1. The normalized spacial score (nSPS) is 16.7. The first kappa shape index (κ1) is 21.7. The van der Waals surface area contributed by atoms with Crippen molar-refractivity contribution in [2.24, 2.45) is 5.73 Å². The lowest BCUT2D eigenvalue weighted by Gasteiger charge is -2.31. The highest BCUT2D eigenvalue weighted by atomic mass is 32.2. The third-order valence-electron chi connectivity index (χ3n) is 4.98. The Morgan fingerprint density at radius 3 is 2.33 bits per heavy atom. The molecule has 0 saturated carbocycles. The number of nitro benzene ring substituents is 1. The molecule has 0 bridgehead atoms. The van der Waals surface area contributed by atoms with Crippen LogP contribution in [0.1, 0.15) is 11.6 Å². The average molecular weight is 433 g/mol. The molecule has 10 nitrogen and oxygen atoms in total. The van der Waals surface area contributed by atoms with Crippen LogP contribution in [0.25, 0.3) is 0 Å². The molecule has 30 heavy (non-hydrogen) atoms. The fraction of sp³-hybridized carbons (Fsp3) is 0.316. The minimum absolute atomic E-state index is 0.00461. The van der Waals surface area contributed by atoms with Gasteiger partial charge < -0.3 is 16.0 Å². The molecule has 1 amide bonds. The van der Waals surface area contributed by atoms with Crippen molar-refractivity contribution < 1.29 is 18.1 Å². The van der Waals surface area contributed by atoms with Crippen LogP contribution in [0, 0.1) is 10.1 Å². The largest absolute Gasteiger partial charge is 0.368 e. The lowest BCUT2D eigenvalue weighted by molar-refractivity contribution is -0.384. The maximum Gasteiger partial charge on any atom is 0.293 e. The van der Waals surface area contributed by atoms with E-state index in [0.29, 0.717) is 31.7 Å². The fourth-order valence-electron chi connectivity index (χ4n) is 3.24. The van der Waals surface area contributed by atoms with Crippen LogP contribution in [-0.2, 0) is 14.8 Å². The van der Waals surface area contributed by atoms with E-state index in [0.717, 1.165) is 6.07 Å². The van der Waals surface area contributed by atoms with Gasteiger partial charge in [-0.3, -0.25) is 14.9 Å². The number of carbonyl (C=O) groups excluding carboxylic acids is 1. The van der Waals surface area contributed by atoms with Crippen molar-refractivity contribution in [2.45, 2.75) is 10.9 Å². The topological polar surface area (TPSA) is 139 Å². The maximum atomic E-state index is 12.9. The van der Waals surface area contributed by atoms with E-state index in [1.54, 1.807) is 30.3 Å². The van der Waals surface area contributed by atoms with Crippen molar-refractivity contribution in [1.29, 1.82) is 0 Å². The summed E-state index contributed by atoms with van der Waals surface area (Å²) in [4.78, 5) is 24.7. The first-order valence-electron chi connectivity index (χ1n) is 9.28. The highest BCUT2D eigenvalue weighted by Gasteiger charge is 2.30. The number of amides is 1. The van der Waals surface area contributed by atoms with E-state index >= 15 is 0 Å². The van der Waals surface area contributed by atoms with Crippen LogP contribution in [-0.4, -0.2) is 61.7 Å². The molecular weight excluding hydrogens is 410 g/mol. The van der Waals surface area contributed by atoms with Gasteiger partial charge in [-0.05, 0) is 24.7 Å². The first-order valence-corrected chi connectivity index (χ1v) is 10.7. The Bertz CT molecular complexity index is 1040. The summed E-state index contributed by atoms with van der Waals surface area (Å²) in [6, 6.07) is 11.1. The molecule has 160 valence electrons. The van der Waals surface area contributed by atoms with Crippen LogP contribution in [0.4, 0.5) is 11.4 Å². The summed E-state index contributed by atoms with van der Waals surface area (Å²) in [5.41, 5.74) is 5.56. The highest BCUT2D eigenvalue weighted by Crippen LogP contribution is 2.32. The monoisotopic (exact) mass is 433 g/mol. The second kappa shape index (κ2) is 8.78. The number of likely N-dealkylation sites (N-methyl/N-ethyl adjacent to an activating group) is 1. The SMILES string of the molecule is CN1CCN(S(=O)(=O)c2ccc(NC(C(N)=O)c3ccccc3)c([N+](=O)[O-])c2)CC1. The van der Waals surface area contributed by atoms with Crippen LogP contribution in [0.2, 0.25) is 0 Å². The molecule has 0 spiro atoms. The molecule has 0 aliphatic carbocycles. The molecule has 3 N–H and O–H groups in total. The Hall–Kier alpha value is -3.02. The van der Waals surface area contributed by atoms with Gasteiger partial charge in [-0.2, -0.15) is 4.31 Å². The van der Waals surface area contributed by atoms with Gasteiger partial charge in [0.1, 0.15) is 11.7 Å². The number of rotatable bonds is 7. The second-order valence-corrected chi connectivity index (χ2v) is 8.97. The predicted molar refractivity (Wildman–Crippen MR) is 111 cm³/mol. The standard InChI is InChI=1S/C19H23N5O5S/c1-22-9-11-23(12-10-22)30(28,29)15-7-8-16(17(13-15)24(26)27)21-18(19(20)25)14-5-3-2-4-6-14/h2-8,13,18,21H,9-12H2,1H3,(H2,20,25). The Labute approximate surface area is 174 Å². The number of benzene rings is 2. The van der Waals surface area contributed by atoms with Crippen LogP contribution >= 0.6 is 0 Å². The first-order chi connectivity index (χ1) is 14.2. The van der Waals surface area contributed by atoms with Gasteiger partial charge in [0.15, 0.2) is 0 Å². The predicted octanol–water partition coefficient (Wildman–Crippen LogP) is 1.17. The number of anilines is 1. The molecule has 1 aliphatic rings. The van der Waals surface area contributed by atoms with Crippen LogP contribution in [0.5, 0.6) is 0 Å². The Morgan fingerprint density at radius 2 is 1.77 bits per heavy atom. The number of primary amides is 1. The van der Waals surface area contributed by atoms with E-state index < -0.39 is 32.6 Å². The van der Waals surface area contributed by atoms with E-state index in [4.69, 9.17) is 5.73 Å². The molecule has 0 aromatic heterocycles. The number of sulfonamides is 1. The minimum Gasteiger partial charge on any atom is -0.368 e. The zero-order valence-corrected chi connectivity index (χ0v) is 17.2. The Kier molecular flexibility index (Phi) is 6.34. The van der Waals surface area contributed by atoms with Crippen LogP contribution in [0.3, 0.4) is 0 Å². The maximum absolute atomic E-state index is 12.9. The molecule has 2 aromatic carbocycles. The van der Waals surface area contributed by atoms with Crippen molar-refractivity contribution >= 4 is 27.3 Å². The Balaban J connectivity index is 1.94. The Morgan fingerprint density at radius 1 is 1.13 bits per heavy atom. The van der Waals surface area contributed by atoms with Gasteiger partial charge in [-0.15, -0.1) is 0 Å². The number of hydrogen-bond donors (Lipinski definition) is 2. The number of nitrogens with one attached hydrogen (secondary N) is 1. The van der Waals surface area contributed by atoms with E-state index in [2.05, 4.69) is 5.32 Å². The molecule has 1 atom stereocenters. The molecule has 11 heteroatoms. The van der Waals surface area contributed by atoms with Crippen molar-refractivity contribution in [2.75, 3.05) is 38.5 Å². The van der Waals surface area contributed by atoms with Gasteiger partial charge in [-0.25, -0.2) is 8.42 Å². The number of nitrogens with two attached hydrogens (primary N) is 1. The van der Waals surface area contributed by atoms with Gasteiger partial charge >= 0.3 is 0 Å². The van der Waals surface area contributed by atoms with E-state index in [1.165, 1.54) is 16.4 Å².